The molecule has 21 heavy (non-hydrogen) atoms. The van der Waals surface area contributed by atoms with Crippen LogP contribution in [0, 0.1) is 12.8 Å². The molecule has 0 fully saturated rings. The fourth-order valence-electron chi connectivity index (χ4n) is 2.12. The Hall–Kier alpha value is -1.36. The topological polar surface area (TPSA) is 49.4 Å². The molecule has 0 aliphatic rings. The Labute approximate surface area is 135 Å². The van der Waals surface area contributed by atoms with Gasteiger partial charge in [0.05, 0.1) is 0 Å². The van der Waals surface area contributed by atoms with Crippen molar-refractivity contribution in [2.75, 3.05) is 18.0 Å². The minimum Gasteiger partial charge on any atom is -0.354 e. The van der Waals surface area contributed by atoms with Gasteiger partial charge in [0, 0.05) is 36.6 Å². The molecular formula is C16H23BrN2O2. The van der Waals surface area contributed by atoms with Crippen LogP contribution in [0.25, 0.3) is 0 Å². The van der Waals surface area contributed by atoms with Crippen LogP contribution in [-0.2, 0) is 9.59 Å². The largest absolute Gasteiger partial charge is 0.354 e. The van der Waals surface area contributed by atoms with E-state index in [2.05, 4.69) is 21.2 Å². The minimum absolute atomic E-state index is 0.0287. The molecule has 116 valence electrons. The number of aryl methyl sites for hydroxylation is 1. The molecule has 4 nitrogen and oxygen atoms in total. The van der Waals surface area contributed by atoms with Crippen LogP contribution in [0.4, 0.5) is 5.69 Å². The summed E-state index contributed by atoms with van der Waals surface area (Å²) in [5.41, 5.74) is 1.90. The number of halogens is 1. The molecule has 0 aliphatic heterocycles. The zero-order valence-corrected chi connectivity index (χ0v) is 14.7. The summed E-state index contributed by atoms with van der Waals surface area (Å²) in [6, 6.07) is 5.80. The van der Waals surface area contributed by atoms with E-state index in [9.17, 15) is 9.59 Å². The minimum atomic E-state index is -0.0291. The third-order valence-electron chi connectivity index (χ3n) is 3.08. The number of nitrogens with zero attached hydrogens (tertiary/aromatic N) is 1. The van der Waals surface area contributed by atoms with E-state index in [1.807, 2.05) is 39.0 Å². The average Bonchev–Trinajstić information content (AvgIpc) is 2.34. The normalized spacial score (nSPS) is 10.6. The zero-order valence-electron chi connectivity index (χ0n) is 13.1. The Morgan fingerprint density at radius 1 is 1.33 bits per heavy atom. The Morgan fingerprint density at radius 2 is 2.00 bits per heavy atom. The number of carbonyl (C=O) groups excluding carboxylic acids is 2. The molecule has 1 aromatic rings. The molecule has 0 saturated carbocycles. The Kier molecular flexibility index (Phi) is 6.89. The molecule has 0 atom stereocenters. The summed E-state index contributed by atoms with van der Waals surface area (Å²) in [7, 11) is 0. The van der Waals surface area contributed by atoms with Gasteiger partial charge in [0.2, 0.25) is 11.8 Å². The second kappa shape index (κ2) is 8.17. The first-order chi connectivity index (χ1) is 9.81. The first-order valence-electron chi connectivity index (χ1n) is 7.12. The van der Waals surface area contributed by atoms with Crippen LogP contribution < -0.4 is 10.2 Å². The van der Waals surface area contributed by atoms with Crippen molar-refractivity contribution in [1.82, 2.24) is 5.32 Å². The van der Waals surface area contributed by atoms with Crippen molar-refractivity contribution in [3.05, 3.63) is 28.2 Å². The van der Waals surface area contributed by atoms with Crippen molar-refractivity contribution < 1.29 is 9.59 Å². The number of hydrogen-bond acceptors (Lipinski definition) is 2. The van der Waals surface area contributed by atoms with E-state index in [0.717, 1.165) is 15.7 Å². The molecule has 0 radical (unpaired) electrons. The summed E-state index contributed by atoms with van der Waals surface area (Å²) < 4.78 is 0.984. The highest BCUT2D eigenvalue weighted by atomic mass is 79.9. The molecule has 2 amide bonds. The molecular weight excluding hydrogens is 332 g/mol. The number of hydrogen-bond donors (Lipinski definition) is 1. The van der Waals surface area contributed by atoms with Crippen molar-refractivity contribution >= 4 is 33.4 Å². The Bertz CT molecular complexity index is 515. The molecule has 0 bridgehead atoms. The summed E-state index contributed by atoms with van der Waals surface area (Å²) in [5.74, 6) is 0.335. The number of nitrogens with one attached hydrogen (secondary N) is 1. The van der Waals surface area contributed by atoms with Gasteiger partial charge in [0.1, 0.15) is 0 Å². The van der Waals surface area contributed by atoms with E-state index in [4.69, 9.17) is 0 Å². The number of carbonyl (C=O) groups is 2. The van der Waals surface area contributed by atoms with Gasteiger partial charge in [-0.15, -0.1) is 0 Å². The number of anilines is 1. The lowest BCUT2D eigenvalue weighted by Gasteiger charge is -2.23. The zero-order chi connectivity index (χ0) is 16.0. The lowest BCUT2D eigenvalue weighted by molar-refractivity contribution is -0.122. The first-order valence-corrected chi connectivity index (χ1v) is 7.91. The van der Waals surface area contributed by atoms with Crippen molar-refractivity contribution in [2.24, 2.45) is 5.92 Å². The summed E-state index contributed by atoms with van der Waals surface area (Å²) in [5, 5.41) is 2.86. The monoisotopic (exact) mass is 354 g/mol. The van der Waals surface area contributed by atoms with Gasteiger partial charge in [-0.3, -0.25) is 9.59 Å². The summed E-state index contributed by atoms with van der Waals surface area (Å²) in [6.07, 6.45) is 0.511. The van der Waals surface area contributed by atoms with Gasteiger partial charge in [-0.25, -0.2) is 0 Å². The van der Waals surface area contributed by atoms with E-state index in [-0.39, 0.29) is 11.8 Å². The van der Waals surface area contributed by atoms with Gasteiger partial charge in [0.25, 0.3) is 0 Å². The molecule has 5 heteroatoms. The Morgan fingerprint density at radius 3 is 2.52 bits per heavy atom. The molecule has 0 aliphatic carbocycles. The average molecular weight is 355 g/mol. The predicted octanol–water partition coefficient (Wildman–Crippen LogP) is 3.27. The maximum atomic E-state index is 11.8. The Balaban J connectivity index is 2.67. The van der Waals surface area contributed by atoms with Gasteiger partial charge in [-0.2, -0.15) is 0 Å². The number of benzene rings is 1. The fourth-order valence-corrected chi connectivity index (χ4v) is 2.59. The molecule has 1 N–H and O–H groups in total. The SMILES string of the molecule is CC(=O)N(CCNC(=O)CC(C)C)c1ccc(Br)cc1C. The van der Waals surface area contributed by atoms with E-state index in [1.54, 1.807) is 4.90 Å². The summed E-state index contributed by atoms with van der Waals surface area (Å²) >= 11 is 3.42. The molecule has 0 spiro atoms. The third kappa shape index (κ3) is 5.87. The molecule has 1 aromatic carbocycles. The van der Waals surface area contributed by atoms with Crippen LogP contribution in [-0.4, -0.2) is 24.9 Å². The van der Waals surface area contributed by atoms with Crippen LogP contribution in [0.2, 0.25) is 0 Å². The maximum absolute atomic E-state index is 11.8. The highest BCUT2D eigenvalue weighted by Crippen LogP contribution is 2.23. The smallest absolute Gasteiger partial charge is 0.223 e. The molecule has 0 unspecified atom stereocenters. The van der Waals surface area contributed by atoms with Gasteiger partial charge in [0.15, 0.2) is 0 Å². The van der Waals surface area contributed by atoms with Crippen LogP contribution in [0.5, 0.6) is 0 Å². The van der Waals surface area contributed by atoms with Crippen LogP contribution in [0.3, 0.4) is 0 Å². The van der Waals surface area contributed by atoms with Crippen LogP contribution in [0.1, 0.15) is 32.8 Å². The molecule has 1 rings (SSSR count). The lowest BCUT2D eigenvalue weighted by Crippen LogP contribution is -2.38. The van der Waals surface area contributed by atoms with Gasteiger partial charge in [-0.1, -0.05) is 29.8 Å². The second-order valence-corrected chi connectivity index (χ2v) is 6.47. The third-order valence-corrected chi connectivity index (χ3v) is 3.57. The van der Waals surface area contributed by atoms with E-state index >= 15 is 0 Å². The van der Waals surface area contributed by atoms with Crippen molar-refractivity contribution in [3.8, 4) is 0 Å². The maximum Gasteiger partial charge on any atom is 0.223 e. The van der Waals surface area contributed by atoms with E-state index < -0.39 is 0 Å². The van der Waals surface area contributed by atoms with Crippen molar-refractivity contribution in [2.45, 2.75) is 34.1 Å². The summed E-state index contributed by atoms with van der Waals surface area (Å²) in [4.78, 5) is 25.2. The van der Waals surface area contributed by atoms with Crippen molar-refractivity contribution in [1.29, 1.82) is 0 Å². The predicted molar refractivity (Wildman–Crippen MR) is 89.4 cm³/mol. The van der Waals surface area contributed by atoms with Crippen molar-refractivity contribution in [3.63, 3.8) is 0 Å². The summed E-state index contributed by atoms with van der Waals surface area (Å²) in [6.45, 7) is 8.45. The fraction of sp³-hybridized carbons (Fsp3) is 0.500. The first kappa shape index (κ1) is 17.7. The van der Waals surface area contributed by atoms with E-state index in [0.29, 0.717) is 25.4 Å². The molecule has 0 aromatic heterocycles. The van der Waals surface area contributed by atoms with E-state index in [1.165, 1.54) is 6.92 Å². The lowest BCUT2D eigenvalue weighted by atomic mass is 10.1. The number of rotatable bonds is 6. The van der Waals surface area contributed by atoms with Gasteiger partial charge >= 0.3 is 0 Å². The standard InChI is InChI=1S/C16H23BrN2O2/c1-11(2)9-16(21)18-7-8-19(13(4)20)15-6-5-14(17)10-12(15)3/h5-6,10-11H,7-9H2,1-4H3,(H,18,21). The van der Waals surface area contributed by atoms with Gasteiger partial charge < -0.3 is 10.2 Å². The highest BCUT2D eigenvalue weighted by molar-refractivity contribution is 9.10. The second-order valence-electron chi connectivity index (χ2n) is 5.55. The highest BCUT2D eigenvalue weighted by Gasteiger charge is 2.14. The molecule has 0 heterocycles. The molecule has 0 saturated heterocycles. The number of amides is 2. The quantitative estimate of drug-likeness (QED) is 0.852. The van der Waals surface area contributed by atoms with Crippen LogP contribution >= 0.6 is 15.9 Å². The van der Waals surface area contributed by atoms with Crippen LogP contribution in [0.15, 0.2) is 22.7 Å². The van der Waals surface area contributed by atoms with Gasteiger partial charge in [-0.05, 0) is 36.6 Å².